The first kappa shape index (κ1) is 15.2. The normalized spacial score (nSPS) is 17.5. The van der Waals surface area contributed by atoms with Crippen molar-refractivity contribution in [1.82, 2.24) is 10.2 Å². The van der Waals surface area contributed by atoms with E-state index in [4.69, 9.17) is 4.74 Å². The van der Waals surface area contributed by atoms with Gasteiger partial charge in [0.2, 0.25) is 0 Å². The number of likely N-dealkylation sites (N-methyl/N-ethyl adjacent to an activating group) is 1. The van der Waals surface area contributed by atoms with Gasteiger partial charge in [-0.25, -0.2) is 0 Å². The van der Waals surface area contributed by atoms with Gasteiger partial charge in [0.25, 0.3) is 5.91 Å². The van der Waals surface area contributed by atoms with Crippen LogP contribution in [0.25, 0.3) is 0 Å². The summed E-state index contributed by atoms with van der Waals surface area (Å²) in [5.41, 5.74) is 0.269. The summed E-state index contributed by atoms with van der Waals surface area (Å²) in [6.45, 7) is 4.21. The molecule has 0 saturated carbocycles. The van der Waals surface area contributed by atoms with Gasteiger partial charge in [0.05, 0.1) is 12.0 Å². The number of nitrogens with zero attached hydrogens (tertiary/aromatic N) is 2. The van der Waals surface area contributed by atoms with Crippen molar-refractivity contribution in [3.05, 3.63) is 33.9 Å². The highest BCUT2D eigenvalue weighted by Gasteiger charge is 2.27. The molecule has 1 saturated heterocycles. The van der Waals surface area contributed by atoms with Crippen molar-refractivity contribution in [1.29, 1.82) is 0 Å². The van der Waals surface area contributed by atoms with E-state index in [1.54, 1.807) is 4.90 Å². The third-order valence-electron chi connectivity index (χ3n) is 3.70. The Morgan fingerprint density at radius 1 is 1.57 bits per heavy atom. The zero-order chi connectivity index (χ0) is 15.4. The first-order chi connectivity index (χ1) is 10.1. The molecule has 2 rings (SSSR count). The number of amides is 1. The Morgan fingerprint density at radius 3 is 2.86 bits per heavy atom. The van der Waals surface area contributed by atoms with Crippen molar-refractivity contribution in [3.8, 4) is 5.75 Å². The summed E-state index contributed by atoms with van der Waals surface area (Å²) in [6, 6.07) is 4.40. The lowest BCUT2D eigenvalue weighted by molar-refractivity contribution is -0.385. The number of hydrogen-bond acceptors (Lipinski definition) is 5. The monoisotopic (exact) mass is 293 g/mol. The lowest BCUT2D eigenvalue weighted by atomic mass is 10.1. The number of rotatable bonds is 5. The molecule has 0 radical (unpaired) electrons. The second kappa shape index (κ2) is 6.53. The molecule has 1 aliphatic rings. The molecule has 0 bridgehead atoms. The van der Waals surface area contributed by atoms with E-state index in [1.165, 1.54) is 25.3 Å². The van der Waals surface area contributed by atoms with Gasteiger partial charge in [-0.05, 0) is 26.0 Å². The number of benzene rings is 1. The molecule has 21 heavy (non-hydrogen) atoms. The Morgan fingerprint density at radius 2 is 2.33 bits per heavy atom. The Balaban J connectivity index is 2.27. The minimum Gasteiger partial charge on any atom is -0.490 e. The fraction of sp³-hybridized carbons (Fsp3) is 0.500. The molecule has 0 spiro atoms. The highest BCUT2D eigenvalue weighted by atomic mass is 16.6. The average Bonchev–Trinajstić information content (AvgIpc) is 3.01. The topological polar surface area (TPSA) is 84.7 Å². The SMILES string of the molecule is CCN(C(=O)c1ccc([N+](=O)[O-])c(OC)c1)C1CCNC1. The Kier molecular flexibility index (Phi) is 4.74. The van der Waals surface area contributed by atoms with Gasteiger partial charge in [0.15, 0.2) is 5.75 Å². The van der Waals surface area contributed by atoms with Gasteiger partial charge in [-0.1, -0.05) is 0 Å². The van der Waals surface area contributed by atoms with E-state index in [0.29, 0.717) is 12.1 Å². The van der Waals surface area contributed by atoms with E-state index >= 15 is 0 Å². The molecule has 1 heterocycles. The van der Waals surface area contributed by atoms with E-state index in [0.717, 1.165) is 19.5 Å². The maximum Gasteiger partial charge on any atom is 0.310 e. The van der Waals surface area contributed by atoms with Gasteiger partial charge in [0, 0.05) is 36.8 Å². The highest BCUT2D eigenvalue weighted by molar-refractivity contribution is 5.95. The van der Waals surface area contributed by atoms with Crippen LogP contribution in [0.1, 0.15) is 23.7 Å². The first-order valence-corrected chi connectivity index (χ1v) is 6.92. The van der Waals surface area contributed by atoms with E-state index in [1.807, 2.05) is 6.92 Å². The van der Waals surface area contributed by atoms with Crippen molar-refractivity contribution in [2.24, 2.45) is 0 Å². The predicted molar refractivity (Wildman–Crippen MR) is 77.6 cm³/mol. The molecule has 114 valence electrons. The van der Waals surface area contributed by atoms with Crippen molar-refractivity contribution >= 4 is 11.6 Å². The molecule has 7 heteroatoms. The van der Waals surface area contributed by atoms with Crippen LogP contribution in [0.4, 0.5) is 5.69 Å². The lowest BCUT2D eigenvalue weighted by Gasteiger charge is -2.27. The summed E-state index contributed by atoms with van der Waals surface area (Å²) in [5.74, 6) is -0.0224. The Bertz CT molecular complexity index is 541. The predicted octanol–water partition coefficient (Wildman–Crippen LogP) is 1.43. The molecular weight excluding hydrogens is 274 g/mol. The summed E-state index contributed by atoms with van der Waals surface area (Å²) in [7, 11) is 1.36. The molecule has 1 aromatic rings. The van der Waals surface area contributed by atoms with Crippen molar-refractivity contribution < 1.29 is 14.5 Å². The second-order valence-corrected chi connectivity index (χ2v) is 4.88. The van der Waals surface area contributed by atoms with Gasteiger partial charge in [-0.3, -0.25) is 14.9 Å². The average molecular weight is 293 g/mol. The van der Waals surface area contributed by atoms with Crippen LogP contribution in [0, 0.1) is 10.1 Å². The van der Waals surface area contributed by atoms with Crippen LogP contribution in [0.5, 0.6) is 5.75 Å². The van der Waals surface area contributed by atoms with E-state index in [-0.39, 0.29) is 23.4 Å². The molecule has 0 aromatic heterocycles. The molecule has 0 aliphatic carbocycles. The molecule has 1 aromatic carbocycles. The summed E-state index contributed by atoms with van der Waals surface area (Å²) < 4.78 is 5.01. The van der Waals surface area contributed by atoms with Crippen LogP contribution in [-0.4, -0.2) is 48.5 Å². The smallest absolute Gasteiger partial charge is 0.310 e. The maximum atomic E-state index is 12.6. The maximum absolute atomic E-state index is 12.6. The number of methoxy groups -OCH3 is 1. The Hall–Kier alpha value is -2.15. The molecule has 7 nitrogen and oxygen atoms in total. The number of ether oxygens (including phenoxy) is 1. The number of carbonyl (C=O) groups excluding carboxylic acids is 1. The van der Waals surface area contributed by atoms with Crippen LogP contribution in [0.15, 0.2) is 18.2 Å². The highest BCUT2D eigenvalue weighted by Crippen LogP contribution is 2.28. The molecule has 1 amide bonds. The lowest BCUT2D eigenvalue weighted by Crippen LogP contribution is -2.41. The first-order valence-electron chi connectivity index (χ1n) is 6.92. The molecule has 1 unspecified atom stereocenters. The molecule has 1 N–H and O–H groups in total. The Labute approximate surface area is 123 Å². The van der Waals surface area contributed by atoms with Gasteiger partial charge < -0.3 is 15.0 Å². The minimum absolute atomic E-state index is 0.103. The van der Waals surface area contributed by atoms with Crippen LogP contribution < -0.4 is 10.1 Å². The quantitative estimate of drug-likeness (QED) is 0.655. The van der Waals surface area contributed by atoms with Gasteiger partial charge in [-0.2, -0.15) is 0 Å². The second-order valence-electron chi connectivity index (χ2n) is 4.88. The number of nitrogens with one attached hydrogen (secondary N) is 1. The number of nitro benzene ring substituents is 1. The van der Waals surface area contributed by atoms with Crippen molar-refractivity contribution in [2.75, 3.05) is 26.7 Å². The van der Waals surface area contributed by atoms with Crippen LogP contribution >= 0.6 is 0 Å². The minimum atomic E-state index is -0.522. The zero-order valence-electron chi connectivity index (χ0n) is 12.2. The third-order valence-corrected chi connectivity index (χ3v) is 3.70. The summed E-state index contributed by atoms with van der Waals surface area (Å²) in [4.78, 5) is 24.7. The van der Waals surface area contributed by atoms with Gasteiger partial charge in [0.1, 0.15) is 0 Å². The zero-order valence-corrected chi connectivity index (χ0v) is 12.2. The fourth-order valence-electron chi connectivity index (χ4n) is 2.60. The van der Waals surface area contributed by atoms with Crippen LogP contribution in [0.2, 0.25) is 0 Å². The van der Waals surface area contributed by atoms with Crippen LogP contribution in [-0.2, 0) is 0 Å². The molecule has 1 aliphatic heterocycles. The molecule has 1 fully saturated rings. The van der Waals surface area contributed by atoms with Gasteiger partial charge >= 0.3 is 5.69 Å². The van der Waals surface area contributed by atoms with E-state index in [9.17, 15) is 14.9 Å². The van der Waals surface area contributed by atoms with E-state index in [2.05, 4.69) is 5.32 Å². The standard InChI is InChI=1S/C14H19N3O4/c1-3-16(11-6-7-15-9-11)14(18)10-4-5-12(17(19)20)13(8-10)21-2/h4-5,8,11,15H,3,6-7,9H2,1-2H3. The largest absolute Gasteiger partial charge is 0.490 e. The number of carbonyl (C=O) groups is 1. The number of nitro groups is 1. The van der Waals surface area contributed by atoms with Gasteiger partial charge in [-0.15, -0.1) is 0 Å². The number of hydrogen-bond donors (Lipinski definition) is 1. The summed E-state index contributed by atoms with van der Waals surface area (Å²) in [6.07, 6.45) is 0.920. The summed E-state index contributed by atoms with van der Waals surface area (Å²) >= 11 is 0. The third kappa shape index (κ3) is 3.13. The van der Waals surface area contributed by atoms with Crippen molar-refractivity contribution in [3.63, 3.8) is 0 Å². The summed E-state index contributed by atoms with van der Waals surface area (Å²) in [5, 5.41) is 14.1. The van der Waals surface area contributed by atoms with E-state index < -0.39 is 4.92 Å². The van der Waals surface area contributed by atoms with Crippen molar-refractivity contribution in [2.45, 2.75) is 19.4 Å². The fourth-order valence-corrected chi connectivity index (χ4v) is 2.60. The molecule has 1 atom stereocenters. The van der Waals surface area contributed by atoms with Crippen LogP contribution in [0.3, 0.4) is 0 Å². The molecular formula is C14H19N3O4.